The molecule has 0 bridgehead atoms. The van der Waals surface area contributed by atoms with E-state index in [2.05, 4.69) is 5.32 Å². The maximum atomic E-state index is 12.2. The van der Waals surface area contributed by atoms with E-state index in [1.165, 1.54) is 0 Å². The summed E-state index contributed by atoms with van der Waals surface area (Å²) >= 11 is 12.0. The third kappa shape index (κ3) is 2.82. The molecular formula is C17H13Cl2NO. The van der Waals surface area contributed by atoms with Gasteiger partial charge < -0.3 is 5.32 Å². The highest BCUT2D eigenvalue weighted by Crippen LogP contribution is 2.37. The first-order valence-electron chi connectivity index (χ1n) is 6.66. The maximum Gasteiger partial charge on any atom is 0.256 e. The quantitative estimate of drug-likeness (QED) is 0.649. The minimum absolute atomic E-state index is 0.104. The average Bonchev–Trinajstić information content (AvgIpc) is 2.76. The number of benzene rings is 2. The Kier molecular flexibility index (Phi) is 4.00. The Morgan fingerprint density at radius 3 is 2.62 bits per heavy atom. The molecule has 1 heterocycles. The van der Waals surface area contributed by atoms with Crippen molar-refractivity contribution in [3.63, 3.8) is 0 Å². The summed E-state index contributed by atoms with van der Waals surface area (Å²) in [6.45, 7) is 0. The molecule has 0 saturated heterocycles. The van der Waals surface area contributed by atoms with Gasteiger partial charge in [0.05, 0.1) is 5.69 Å². The number of carbonyl (C=O) groups excluding carboxylic acids is 1. The second-order valence-corrected chi connectivity index (χ2v) is 5.64. The Balaban J connectivity index is 2.08. The van der Waals surface area contributed by atoms with Crippen molar-refractivity contribution < 1.29 is 4.79 Å². The molecule has 2 aromatic rings. The fraction of sp³-hybridized carbons (Fsp3) is 0.118. The van der Waals surface area contributed by atoms with Crippen molar-refractivity contribution in [3.8, 4) is 0 Å². The molecule has 0 unspecified atom stereocenters. The van der Waals surface area contributed by atoms with Gasteiger partial charge in [-0.1, -0.05) is 41.9 Å². The van der Waals surface area contributed by atoms with Gasteiger partial charge in [0.15, 0.2) is 0 Å². The highest BCUT2D eigenvalue weighted by molar-refractivity contribution is 6.37. The largest absolute Gasteiger partial charge is 0.321 e. The molecular weight excluding hydrogens is 305 g/mol. The van der Waals surface area contributed by atoms with Gasteiger partial charge in [-0.3, -0.25) is 4.79 Å². The van der Waals surface area contributed by atoms with E-state index in [9.17, 15) is 4.79 Å². The summed E-state index contributed by atoms with van der Waals surface area (Å²) in [6.07, 6.45) is 2.57. The molecule has 0 fully saturated rings. The first kappa shape index (κ1) is 14.2. The fourth-order valence-electron chi connectivity index (χ4n) is 2.41. The van der Waals surface area contributed by atoms with Gasteiger partial charge in [-0.15, -0.1) is 11.6 Å². The highest BCUT2D eigenvalue weighted by Gasteiger charge is 2.25. The Labute approximate surface area is 133 Å². The first-order valence-corrected chi connectivity index (χ1v) is 7.57. The van der Waals surface area contributed by atoms with E-state index in [0.29, 0.717) is 22.9 Å². The van der Waals surface area contributed by atoms with Crippen LogP contribution in [-0.4, -0.2) is 11.8 Å². The predicted molar refractivity (Wildman–Crippen MR) is 88.8 cm³/mol. The molecule has 1 amide bonds. The van der Waals surface area contributed by atoms with E-state index in [1.807, 2.05) is 42.5 Å². The zero-order valence-corrected chi connectivity index (χ0v) is 12.7. The van der Waals surface area contributed by atoms with Crippen molar-refractivity contribution in [2.75, 3.05) is 11.2 Å². The van der Waals surface area contributed by atoms with Gasteiger partial charge in [0.25, 0.3) is 5.91 Å². The molecule has 1 N–H and O–H groups in total. The third-order valence-corrected chi connectivity index (χ3v) is 3.98. The van der Waals surface area contributed by atoms with Crippen molar-refractivity contribution in [3.05, 3.63) is 64.2 Å². The number of hydrogen-bond donors (Lipinski definition) is 1. The van der Waals surface area contributed by atoms with Crippen LogP contribution in [0.3, 0.4) is 0 Å². The maximum absolute atomic E-state index is 12.2. The lowest BCUT2D eigenvalue weighted by Crippen LogP contribution is -2.03. The normalized spacial score (nSPS) is 15.1. The minimum atomic E-state index is -0.104. The van der Waals surface area contributed by atoms with Crippen molar-refractivity contribution in [2.45, 2.75) is 6.42 Å². The second kappa shape index (κ2) is 5.92. The lowest BCUT2D eigenvalue weighted by molar-refractivity contribution is -0.110. The van der Waals surface area contributed by atoms with E-state index in [0.717, 1.165) is 22.4 Å². The minimum Gasteiger partial charge on any atom is -0.321 e. The molecule has 2 aromatic carbocycles. The molecule has 0 saturated carbocycles. The molecule has 2 nitrogen and oxygen atoms in total. The van der Waals surface area contributed by atoms with Crippen LogP contribution in [-0.2, 0) is 11.2 Å². The average molecular weight is 318 g/mol. The Hall–Kier alpha value is -1.77. The lowest BCUT2D eigenvalue weighted by atomic mass is 10.0. The molecule has 21 heavy (non-hydrogen) atoms. The van der Waals surface area contributed by atoms with E-state index in [4.69, 9.17) is 23.2 Å². The summed E-state index contributed by atoms with van der Waals surface area (Å²) in [7, 11) is 0. The van der Waals surface area contributed by atoms with Crippen LogP contribution in [0.1, 0.15) is 16.7 Å². The molecule has 0 radical (unpaired) electrons. The zero-order valence-electron chi connectivity index (χ0n) is 11.2. The van der Waals surface area contributed by atoms with E-state index in [1.54, 1.807) is 6.07 Å². The Morgan fingerprint density at radius 2 is 1.90 bits per heavy atom. The number of halogens is 2. The van der Waals surface area contributed by atoms with Crippen LogP contribution >= 0.6 is 23.2 Å². The van der Waals surface area contributed by atoms with Crippen LogP contribution in [0.4, 0.5) is 5.69 Å². The SMILES string of the molecule is O=C1Nc2cc(Cl)c(CCCl)cc2/C1=C\c1ccccc1. The van der Waals surface area contributed by atoms with Gasteiger partial charge >= 0.3 is 0 Å². The molecule has 1 aliphatic heterocycles. The molecule has 4 heteroatoms. The molecule has 1 aliphatic rings. The standard InChI is InChI=1S/C17H13Cl2NO/c18-7-6-12-9-13-14(8-11-4-2-1-3-5-11)17(21)20-16(13)10-15(12)19/h1-5,8-10H,6-7H2,(H,20,21)/b14-8+. The number of anilines is 1. The van der Waals surface area contributed by atoms with Gasteiger partial charge in [0.1, 0.15) is 0 Å². The van der Waals surface area contributed by atoms with Crippen molar-refractivity contribution in [2.24, 2.45) is 0 Å². The summed E-state index contributed by atoms with van der Waals surface area (Å²) in [4.78, 5) is 12.2. The van der Waals surface area contributed by atoms with E-state index in [-0.39, 0.29) is 5.91 Å². The fourth-order valence-corrected chi connectivity index (χ4v) is 2.87. The van der Waals surface area contributed by atoms with Gasteiger partial charge in [-0.2, -0.15) is 0 Å². The number of nitrogens with one attached hydrogen (secondary N) is 1. The van der Waals surface area contributed by atoms with Crippen LogP contribution in [0, 0.1) is 0 Å². The van der Waals surface area contributed by atoms with Crippen LogP contribution in [0.5, 0.6) is 0 Å². The molecule has 0 atom stereocenters. The molecule has 0 aliphatic carbocycles. The molecule has 0 aromatic heterocycles. The molecule has 0 spiro atoms. The van der Waals surface area contributed by atoms with Gasteiger partial charge in [0, 0.05) is 22.0 Å². The van der Waals surface area contributed by atoms with Crippen molar-refractivity contribution in [1.82, 2.24) is 0 Å². The zero-order chi connectivity index (χ0) is 14.8. The summed E-state index contributed by atoms with van der Waals surface area (Å²) < 4.78 is 0. The van der Waals surface area contributed by atoms with Crippen LogP contribution in [0.25, 0.3) is 11.6 Å². The van der Waals surface area contributed by atoms with E-state index >= 15 is 0 Å². The smallest absolute Gasteiger partial charge is 0.256 e. The summed E-state index contributed by atoms with van der Waals surface area (Å²) in [5, 5.41) is 3.49. The number of hydrogen-bond acceptors (Lipinski definition) is 1. The lowest BCUT2D eigenvalue weighted by Gasteiger charge is -2.06. The number of alkyl halides is 1. The van der Waals surface area contributed by atoms with Gasteiger partial charge in [-0.25, -0.2) is 0 Å². The number of aryl methyl sites for hydroxylation is 1. The molecule has 106 valence electrons. The number of rotatable bonds is 3. The Morgan fingerprint density at radius 1 is 1.14 bits per heavy atom. The topological polar surface area (TPSA) is 29.1 Å². The van der Waals surface area contributed by atoms with Crippen LogP contribution in [0.2, 0.25) is 5.02 Å². The number of carbonyl (C=O) groups is 1. The first-order chi connectivity index (χ1) is 10.2. The number of fused-ring (bicyclic) bond motifs is 1. The van der Waals surface area contributed by atoms with Gasteiger partial charge in [-0.05, 0) is 35.8 Å². The van der Waals surface area contributed by atoms with Gasteiger partial charge in [0.2, 0.25) is 0 Å². The predicted octanol–water partition coefficient (Wildman–Crippen LogP) is 4.61. The van der Waals surface area contributed by atoms with E-state index < -0.39 is 0 Å². The monoisotopic (exact) mass is 317 g/mol. The summed E-state index contributed by atoms with van der Waals surface area (Å²) in [5.74, 6) is 0.394. The summed E-state index contributed by atoms with van der Waals surface area (Å²) in [5.41, 5.74) is 4.24. The van der Waals surface area contributed by atoms with Crippen LogP contribution in [0.15, 0.2) is 42.5 Å². The van der Waals surface area contributed by atoms with Crippen LogP contribution < -0.4 is 5.32 Å². The second-order valence-electron chi connectivity index (χ2n) is 4.85. The summed E-state index contributed by atoms with van der Waals surface area (Å²) in [6, 6.07) is 13.5. The Bertz CT molecular complexity index is 723. The number of amides is 1. The van der Waals surface area contributed by atoms with Crippen molar-refractivity contribution >= 4 is 46.4 Å². The molecule has 3 rings (SSSR count). The third-order valence-electron chi connectivity index (χ3n) is 3.44. The van der Waals surface area contributed by atoms with Crippen molar-refractivity contribution in [1.29, 1.82) is 0 Å². The highest BCUT2D eigenvalue weighted by atomic mass is 35.5.